The summed E-state index contributed by atoms with van der Waals surface area (Å²) in [5.41, 5.74) is 4.94. The normalized spacial score (nSPS) is 14.3. The fourth-order valence-corrected chi connectivity index (χ4v) is 2.29. The van der Waals surface area contributed by atoms with E-state index in [0.717, 1.165) is 18.8 Å². The summed E-state index contributed by atoms with van der Waals surface area (Å²) >= 11 is 0. The SMILES string of the molecule is Cc1c[c-]c(N2[CH-]N(c3ccc(C)cc3)CC2)cc1.[Lr]. The first kappa shape index (κ1) is 13.5. The minimum atomic E-state index is 0. The Morgan fingerprint density at radius 2 is 1.55 bits per heavy atom. The van der Waals surface area contributed by atoms with Crippen molar-refractivity contribution in [1.29, 1.82) is 0 Å². The zero-order valence-corrected chi connectivity index (χ0v) is 13.8. The van der Waals surface area contributed by atoms with E-state index in [0.29, 0.717) is 0 Å². The summed E-state index contributed by atoms with van der Waals surface area (Å²) in [4.78, 5) is 4.53. The molecular weight excluding hydrogens is 494 g/mol. The average Bonchev–Trinajstić information content (AvgIpc) is 2.90. The Morgan fingerprint density at radius 3 is 2.20 bits per heavy atom. The van der Waals surface area contributed by atoms with Crippen LogP contribution in [0.25, 0.3) is 0 Å². The number of benzene rings is 2. The molecule has 3 heteroatoms. The first-order valence-corrected chi connectivity index (χ1v) is 6.66. The first-order valence-electron chi connectivity index (χ1n) is 6.66. The molecule has 0 atom stereocenters. The fourth-order valence-electron chi connectivity index (χ4n) is 2.29. The van der Waals surface area contributed by atoms with Crippen LogP contribution in [-0.2, 0) is 0 Å². The van der Waals surface area contributed by atoms with Crippen molar-refractivity contribution >= 4 is 11.4 Å². The number of nitrogens with zero attached hydrogens (tertiary/aromatic N) is 2. The fraction of sp³-hybridized carbons (Fsp3) is 0.235. The van der Waals surface area contributed by atoms with E-state index in [-0.39, 0.29) is 0 Å². The Kier molecular flexibility index (Phi) is 3.60. The second-order valence-electron chi connectivity index (χ2n) is 5.09. The minimum absolute atomic E-state index is 0. The Labute approximate surface area is 115 Å². The molecule has 3 rings (SSSR count). The molecule has 0 unspecified atom stereocenters. The van der Waals surface area contributed by atoms with Gasteiger partial charge in [0.2, 0.25) is 0 Å². The van der Waals surface area contributed by atoms with Crippen molar-refractivity contribution in [2.75, 3.05) is 22.9 Å². The van der Waals surface area contributed by atoms with Gasteiger partial charge in [-0.2, -0.15) is 36.5 Å². The molecule has 1 saturated heterocycles. The second-order valence-corrected chi connectivity index (χ2v) is 5.09. The van der Waals surface area contributed by atoms with Gasteiger partial charge in [0.15, 0.2) is 0 Å². The predicted molar refractivity (Wildman–Crippen MR) is 80.2 cm³/mol. The molecule has 0 aromatic heterocycles. The molecule has 0 aliphatic carbocycles. The first-order chi connectivity index (χ1) is 9.22. The maximum atomic E-state index is 3.33. The van der Waals surface area contributed by atoms with Crippen molar-refractivity contribution in [1.82, 2.24) is 0 Å². The zero-order chi connectivity index (χ0) is 13.2. The van der Waals surface area contributed by atoms with Crippen LogP contribution in [0.5, 0.6) is 0 Å². The quantitative estimate of drug-likeness (QED) is 0.569. The standard InChI is InChI=1S/C17H18N2.Lr/c1-14-3-7-16(8-4-14)18-11-12-19(13-18)17-9-5-15(2)6-10-17;/h3-9,13H,11-12H2,1-2H3;/q-2;. The van der Waals surface area contributed by atoms with Crippen LogP contribution in [-0.4, -0.2) is 13.1 Å². The summed E-state index contributed by atoms with van der Waals surface area (Å²) in [6, 6.07) is 18.3. The monoisotopic (exact) mass is 512 g/mol. The molecule has 1 fully saturated rings. The van der Waals surface area contributed by atoms with Gasteiger partial charge in [0.25, 0.3) is 0 Å². The number of hydrogen-bond acceptors (Lipinski definition) is 2. The van der Waals surface area contributed by atoms with Crippen LogP contribution in [0.3, 0.4) is 0 Å². The van der Waals surface area contributed by atoms with Gasteiger partial charge >= 0.3 is 0 Å². The van der Waals surface area contributed by atoms with Crippen LogP contribution in [0.1, 0.15) is 11.1 Å². The van der Waals surface area contributed by atoms with Crippen molar-refractivity contribution in [2.45, 2.75) is 13.8 Å². The Morgan fingerprint density at radius 1 is 0.900 bits per heavy atom. The van der Waals surface area contributed by atoms with Crippen LogP contribution in [0.15, 0.2) is 42.5 Å². The predicted octanol–water partition coefficient (Wildman–Crippen LogP) is 3.55. The van der Waals surface area contributed by atoms with Crippen LogP contribution in [0, 0.1) is 26.6 Å². The molecule has 1 aliphatic rings. The molecule has 2 aromatic rings. The van der Waals surface area contributed by atoms with Gasteiger partial charge in [-0.1, -0.05) is 24.6 Å². The molecule has 0 spiro atoms. The summed E-state index contributed by atoms with van der Waals surface area (Å²) in [5.74, 6) is 0. The molecule has 113 valence electrons. The molecule has 0 bridgehead atoms. The van der Waals surface area contributed by atoms with E-state index < -0.39 is 0 Å². The maximum absolute atomic E-state index is 3.33. The summed E-state index contributed by atoms with van der Waals surface area (Å²) in [6.45, 7) is 8.40. The second kappa shape index (κ2) is 5.35. The van der Waals surface area contributed by atoms with Crippen molar-refractivity contribution in [2.24, 2.45) is 0 Å². The molecule has 0 N–H and O–H groups in total. The molecule has 1 aliphatic heterocycles. The van der Waals surface area contributed by atoms with Gasteiger partial charge in [0.05, 0.1) is 0 Å². The maximum Gasteiger partial charge on any atom is 0.00860 e. The molecule has 1 radical (unpaired) electrons. The van der Waals surface area contributed by atoms with Crippen molar-refractivity contribution in [3.63, 3.8) is 0 Å². The number of aryl methyl sites for hydroxylation is 2. The molecule has 1 heterocycles. The van der Waals surface area contributed by atoms with E-state index in [4.69, 9.17) is 0 Å². The van der Waals surface area contributed by atoms with Crippen molar-refractivity contribution in [3.05, 3.63) is 66.3 Å². The van der Waals surface area contributed by atoms with Gasteiger partial charge < -0.3 is 9.80 Å². The van der Waals surface area contributed by atoms with E-state index in [2.05, 4.69) is 72.8 Å². The minimum Gasteiger partial charge on any atom is -0.522 e. The van der Waals surface area contributed by atoms with Crippen LogP contribution in [0.4, 0.5) is 11.4 Å². The van der Waals surface area contributed by atoms with Crippen LogP contribution < -0.4 is 9.80 Å². The third kappa shape index (κ3) is 2.56. The summed E-state index contributed by atoms with van der Waals surface area (Å²) < 4.78 is 0. The van der Waals surface area contributed by atoms with E-state index >= 15 is 0 Å². The smallest absolute Gasteiger partial charge is 0.00860 e. The molecule has 2 aromatic carbocycles. The van der Waals surface area contributed by atoms with Gasteiger partial charge in [-0.25, -0.2) is 0 Å². The van der Waals surface area contributed by atoms with E-state index in [1.54, 1.807) is 0 Å². The Balaban J connectivity index is 0.00000147. The van der Waals surface area contributed by atoms with Crippen molar-refractivity contribution < 1.29 is 0 Å². The van der Waals surface area contributed by atoms with Crippen LogP contribution in [0.2, 0.25) is 0 Å². The zero-order valence-electron chi connectivity index (χ0n) is 11.7. The topological polar surface area (TPSA) is 6.48 Å². The Bertz CT molecular complexity index is 497. The molecule has 0 amide bonds. The van der Waals surface area contributed by atoms with Gasteiger partial charge in [0.1, 0.15) is 0 Å². The Hall–Kier alpha value is -2.96. The van der Waals surface area contributed by atoms with Gasteiger partial charge in [-0.05, 0) is 19.1 Å². The third-order valence-corrected chi connectivity index (χ3v) is 3.49. The summed E-state index contributed by atoms with van der Waals surface area (Å²) in [7, 11) is 0. The average molecular weight is 512 g/mol. The largest absolute Gasteiger partial charge is 0.522 e. The number of rotatable bonds is 2. The molecular formula is C17H18LrN2-2. The third-order valence-electron chi connectivity index (χ3n) is 3.49. The van der Waals surface area contributed by atoms with E-state index in [1.807, 2.05) is 6.07 Å². The molecule has 2 nitrogen and oxygen atoms in total. The summed E-state index contributed by atoms with van der Waals surface area (Å²) in [6.07, 6.45) is 0. The van der Waals surface area contributed by atoms with Gasteiger partial charge in [-0.15, -0.1) is 5.69 Å². The number of hydrogen-bond donors (Lipinski definition) is 0. The van der Waals surface area contributed by atoms with Crippen LogP contribution >= 0.6 is 0 Å². The van der Waals surface area contributed by atoms with E-state index in [9.17, 15) is 0 Å². The summed E-state index contributed by atoms with van der Waals surface area (Å²) in [5, 5.41) is 0. The van der Waals surface area contributed by atoms with Gasteiger partial charge in [0, 0.05) is 18.8 Å². The van der Waals surface area contributed by atoms with Gasteiger partial charge in [-0.3, -0.25) is 0 Å². The number of anilines is 2. The molecule has 20 heavy (non-hydrogen) atoms. The van der Waals surface area contributed by atoms with E-state index in [1.165, 1.54) is 16.8 Å². The van der Waals surface area contributed by atoms with Crippen molar-refractivity contribution in [3.8, 4) is 0 Å². The molecule has 0 saturated carbocycles.